The van der Waals surface area contributed by atoms with Gasteiger partial charge in [-0.1, -0.05) is 12.1 Å². The summed E-state index contributed by atoms with van der Waals surface area (Å²) in [7, 11) is 2.93. The molecular formula is C25H20F2N2O4. The topological polar surface area (TPSA) is 76.7 Å². The number of methoxy groups -OCH3 is 2. The summed E-state index contributed by atoms with van der Waals surface area (Å²) in [6.45, 7) is 0. The lowest BCUT2D eigenvalue weighted by atomic mass is 9.71. The number of aromatic nitrogens is 2. The van der Waals surface area contributed by atoms with Gasteiger partial charge in [0, 0.05) is 18.2 Å². The van der Waals surface area contributed by atoms with E-state index in [1.54, 1.807) is 36.4 Å². The van der Waals surface area contributed by atoms with Crippen LogP contribution in [0.3, 0.4) is 0 Å². The molecular weight excluding hydrogens is 430 g/mol. The molecule has 1 aliphatic carbocycles. The molecule has 6 nitrogen and oxygen atoms in total. The van der Waals surface area contributed by atoms with Crippen molar-refractivity contribution in [2.45, 2.75) is 11.8 Å². The molecule has 0 saturated carbocycles. The second-order valence-electron chi connectivity index (χ2n) is 7.92. The summed E-state index contributed by atoms with van der Waals surface area (Å²) in [6, 6.07) is 15.3. The number of benzene rings is 3. The molecule has 0 saturated heterocycles. The van der Waals surface area contributed by atoms with E-state index >= 15 is 0 Å². The van der Waals surface area contributed by atoms with Crippen molar-refractivity contribution >= 4 is 0 Å². The van der Waals surface area contributed by atoms with E-state index in [2.05, 4.69) is 5.10 Å². The van der Waals surface area contributed by atoms with Gasteiger partial charge in [-0.3, -0.25) is 0 Å². The van der Waals surface area contributed by atoms with Crippen LogP contribution in [0.1, 0.15) is 22.5 Å². The lowest BCUT2D eigenvalue weighted by Gasteiger charge is -2.33. The van der Waals surface area contributed by atoms with Gasteiger partial charge >= 0.3 is 0 Å². The number of phenolic OH excluding ortho intramolecular Hbond substituents is 2. The fourth-order valence-corrected chi connectivity index (χ4v) is 4.55. The Morgan fingerprint density at radius 1 is 0.818 bits per heavy atom. The third-order valence-electron chi connectivity index (χ3n) is 6.10. The third kappa shape index (κ3) is 3.17. The molecule has 2 N–H and O–H groups in total. The summed E-state index contributed by atoms with van der Waals surface area (Å²) in [6.07, 6.45) is 0.422. The first-order valence-electron chi connectivity index (χ1n) is 10.2. The van der Waals surface area contributed by atoms with Gasteiger partial charge in [-0.05, 0) is 53.6 Å². The number of phenols is 2. The molecule has 3 aromatic carbocycles. The molecule has 5 rings (SSSR count). The van der Waals surface area contributed by atoms with E-state index in [4.69, 9.17) is 9.47 Å². The maximum Gasteiger partial charge on any atom is 0.160 e. The van der Waals surface area contributed by atoms with Crippen LogP contribution >= 0.6 is 0 Å². The Hall–Kier alpha value is -4.07. The Morgan fingerprint density at radius 2 is 1.36 bits per heavy atom. The maximum absolute atomic E-state index is 13.8. The molecule has 33 heavy (non-hydrogen) atoms. The minimum Gasteiger partial charge on any atom is -0.504 e. The molecule has 168 valence electrons. The highest BCUT2D eigenvalue weighted by Crippen LogP contribution is 2.49. The zero-order valence-corrected chi connectivity index (χ0v) is 17.8. The number of hydrogen-bond acceptors (Lipinski definition) is 5. The molecule has 0 amide bonds. The van der Waals surface area contributed by atoms with Crippen molar-refractivity contribution < 1.29 is 28.5 Å². The first kappa shape index (κ1) is 20.8. The van der Waals surface area contributed by atoms with E-state index < -0.39 is 17.0 Å². The number of rotatable bonds is 5. The van der Waals surface area contributed by atoms with Gasteiger partial charge < -0.3 is 19.7 Å². The van der Waals surface area contributed by atoms with Crippen LogP contribution in [-0.2, 0) is 11.8 Å². The number of halogens is 2. The summed E-state index contributed by atoms with van der Waals surface area (Å²) in [5, 5.41) is 24.9. The minimum atomic E-state index is -0.792. The van der Waals surface area contributed by atoms with E-state index in [0.29, 0.717) is 23.6 Å². The fourth-order valence-electron chi connectivity index (χ4n) is 4.55. The fraction of sp³-hybridized carbons (Fsp3) is 0.160. The summed E-state index contributed by atoms with van der Waals surface area (Å²) >= 11 is 0. The predicted octanol–water partition coefficient (Wildman–Crippen LogP) is 4.47. The average Bonchev–Trinajstić information content (AvgIpc) is 3.38. The molecule has 0 fully saturated rings. The third-order valence-corrected chi connectivity index (χ3v) is 6.10. The molecule has 1 aliphatic rings. The van der Waals surface area contributed by atoms with Crippen molar-refractivity contribution in [2.75, 3.05) is 14.2 Å². The molecule has 0 aliphatic heterocycles. The highest BCUT2D eigenvalue weighted by atomic mass is 19.1. The SMILES string of the molecule is COc1cc(C2(c3ccc(O)c(OC)c3)Cc3cc2nn3-c2cc(F)cc(F)c2)ccc1O. The van der Waals surface area contributed by atoms with Crippen molar-refractivity contribution in [3.05, 3.63) is 94.8 Å². The highest BCUT2D eigenvalue weighted by Gasteiger charge is 2.46. The van der Waals surface area contributed by atoms with Crippen LogP contribution in [-0.4, -0.2) is 34.2 Å². The average molecular weight is 450 g/mol. The second-order valence-corrected chi connectivity index (χ2v) is 7.92. The Morgan fingerprint density at radius 3 is 1.82 bits per heavy atom. The van der Waals surface area contributed by atoms with Crippen LogP contribution in [0.4, 0.5) is 8.78 Å². The van der Waals surface area contributed by atoms with Gasteiger partial charge in [0.15, 0.2) is 23.0 Å². The quantitative estimate of drug-likeness (QED) is 0.469. The van der Waals surface area contributed by atoms with E-state index in [-0.39, 0.29) is 17.2 Å². The molecule has 0 spiro atoms. The van der Waals surface area contributed by atoms with Gasteiger partial charge in [0.1, 0.15) is 11.6 Å². The number of fused-ring (bicyclic) bond motifs is 2. The zero-order chi connectivity index (χ0) is 23.3. The largest absolute Gasteiger partial charge is 0.504 e. The zero-order valence-electron chi connectivity index (χ0n) is 17.8. The van der Waals surface area contributed by atoms with Crippen LogP contribution in [0.2, 0.25) is 0 Å². The Balaban J connectivity index is 1.73. The van der Waals surface area contributed by atoms with Crippen molar-refractivity contribution in [1.29, 1.82) is 0 Å². The molecule has 0 atom stereocenters. The van der Waals surface area contributed by atoms with Gasteiger partial charge in [-0.15, -0.1) is 0 Å². The summed E-state index contributed by atoms with van der Waals surface area (Å²) in [5.74, 6) is -0.778. The Labute approximate surface area is 188 Å². The standard InChI is InChI=1S/C25H20F2N2O4/c1-32-22-7-14(3-5-20(22)30)25(15-4-6-21(31)23(8-15)33-2)13-19-12-24(25)28-29(19)18-10-16(26)9-17(27)11-18/h3-12,30-31H,13H2,1-2H3. The maximum atomic E-state index is 13.8. The number of ether oxygens (including phenoxy) is 2. The van der Waals surface area contributed by atoms with Crippen LogP contribution in [0.5, 0.6) is 23.0 Å². The van der Waals surface area contributed by atoms with Crippen LogP contribution < -0.4 is 9.47 Å². The molecule has 8 heteroatoms. The molecule has 4 aromatic rings. The van der Waals surface area contributed by atoms with Gasteiger partial charge in [0.2, 0.25) is 0 Å². The van der Waals surface area contributed by atoms with Crippen molar-refractivity contribution in [1.82, 2.24) is 9.78 Å². The van der Waals surface area contributed by atoms with E-state index in [0.717, 1.165) is 22.9 Å². The van der Waals surface area contributed by atoms with E-state index in [1.165, 1.54) is 31.0 Å². The lowest BCUT2D eigenvalue weighted by Crippen LogP contribution is -2.33. The van der Waals surface area contributed by atoms with Crippen LogP contribution in [0.25, 0.3) is 5.69 Å². The number of aromatic hydroxyl groups is 2. The first-order chi connectivity index (χ1) is 15.8. The van der Waals surface area contributed by atoms with Crippen LogP contribution in [0, 0.1) is 11.6 Å². The molecule has 1 heterocycles. The van der Waals surface area contributed by atoms with Crippen molar-refractivity contribution in [2.24, 2.45) is 0 Å². The van der Waals surface area contributed by atoms with Crippen molar-refractivity contribution in [3.8, 4) is 28.7 Å². The molecule has 2 bridgehead atoms. The molecule has 0 unspecified atom stereocenters. The Kier molecular flexibility index (Phi) is 4.74. The lowest BCUT2D eigenvalue weighted by molar-refractivity contribution is 0.370. The summed E-state index contributed by atoms with van der Waals surface area (Å²) in [4.78, 5) is 0. The van der Waals surface area contributed by atoms with Crippen molar-refractivity contribution in [3.63, 3.8) is 0 Å². The van der Waals surface area contributed by atoms with Gasteiger partial charge in [0.25, 0.3) is 0 Å². The summed E-state index contributed by atoms with van der Waals surface area (Å²) < 4.78 is 39.8. The minimum absolute atomic E-state index is 0.00160. The molecule has 1 aromatic heterocycles. The normalized spacial score (nSPS) is 13.8. The Bertz CT molecular complexity index is 1310. The van der Waals surface area contributed by atoms with E-state index in [1.807, 2.05) is 6.07 Å². The smallest absolute Gasteiger partial charge is 0.160 e. The van der Waals surface area contributed by atoms with E-state index in [9.17, 15) is 19.0 Å². The van der Waals surface area contributed by atoms with Crippen LogP contribution in [0.15, 0.2) is 60.7 Å². The monoisotopic (exact) mass is 450 g/mol. The molecule has 0 radical (unpaired) electrons. The number of nitrogens with zero attached hydrogens (tertiary/aromatic N) is 2. The number of hydrogen-bond donors (Lipinski definition) is 2. The highest BCUT2D eigenvalue weighted by molar-refractivity contribution is 5.59. The first-order valence-corrected chi connectivity index (χ1v) is 10.2. The van der Waals surface area contributed by atoms with Gasteiger partial charge in [-0.2, -0.15) is 5.10 Å². The second kappa shape index (κ2) is 7.51. The predicted molar refractivity (Wildman–Crippen MR) is 116 cm³/mol. The van der Waals surface area contributed by atoms with Gasteiger partial charge in [-0.25, -0.2) is 13.5 Å². The summed E-state index contributed by atoms with van der Waals surface area (Å²) in [5.41, 5.74) is 2.46. The van der Waals surface area contributed by atoms with Gasteiger partial charge in [0.05, 0.1) is 31.0 Å².